The van der Waals surface area contributed by atoms with Gasteiger partial charge in [-0.1, -0.05) is 0 Å². The highest BCUT2D eigenvalue weighted by Crippen LogP contribution is 2.24. The molecule has 7 heteroatoms. The summed E-state index contributed by atoms with van der Waals surface area (Å²) in [5.41, 5.74) is 1.37. The number of aryl methyl sites for hydroxylation is 1. The van der Waals surface area contributed by atoms with E-state index in [2.05, 4.69) is 15.1 Å². The molecule has 0 bridgehead atoms. The van der Waals surface area contributed by atoms with Crippen LogP contribution in [0.5, 0.6) is 0 Å². The quantitative estimate of drug-likeness (QED) is 0.835. The molecule has 2 aromatic heterocycles. The number of hydrogen-bond acceptors (Lipinski definition) is 5. The Morgan fingerprint density at radius 1 is 1.35 bits per heavy atom. The summed E-state index contributed by atoms with van der Waals surface area (Å²) in [4.78, 5) is 34.5. The Labute approximate surface area is 134 Å². The van der Waals surface area contributed by atoms with Gasteiger partial charge in [-0.05, 0) is 25.8 Å². The minimum Gasteiger partial charge on any atom is -0.340 e. The molecule has 1 aliphatic rings. The second-order valence-corrected chi connectivity index (χ2v) is 5.78. The molecular weight excluding hydrogens is 294 g/mol. The van der Waals surface area contributed by atoms with Crippen LogP contribution in [0.3, 0.4) is 0 Å². The molecule has 2 aromatic rings. The van der Waals surface area contributed by atoms with E-state index < -0.39 is 0 Å². The highest BCUT2D eigenvalue weighted by molar-refractivity contribution is 5.76. The van der Waals surface area contributed by atoms with Gasteiger partial charge >= 0.3 is 0 Å². The number of amides is 1. The monoisotopic (exact) mass is 313 g/mol. The second-order valence-electron chi connectivity index (χ2n) is 5.78. The molecule has 0 aliphatic carbocycles. The Morgan fingerprint density at radius 2 is 2.22 bits per heavy atom. The van der Waals surface area contributed by atoms with Gasteiger partial charge in [0.25, 0.3) is 5.56 Å². The molecule has 23 heavy (non-hydrogen) atoms. The lowest BCUT2D eigenvalue weighted by molar-refractivity contribution is -0.133. The molecule has 120 valence electrons. The second kappa shape index (κ2) is 6.68. The first-order valence-electron chi connectivity index (χ1n) is 7.72. The number of hydrogen-bond donors (Lipinski definition) is 0. The van der Waals surface area contributed by atoms with Gasteiger partial charge < -0.3 is 4.90 Å². The summed E-state index contributed by atoms with van der Waals surface area (Å²) >= 11 is 0. The number of piperidine rings is 1. The van der Waals surface area contributed by atoms with Crippen molar-refractivity contribution in [3.63, 3.8) is 0 Å². The molecule has 7 nitrogen and oxygen atoms in total. The molecule has 1 unspecified atom stereocenters. The third kappa shape index (κ3) is 3.61. The van der Waals surface area contributed by atoms with Gasteiger partial charge in [-0.2, -0.15) is 5.10 Å². The highest BCUT2D eigenvalue weighted by atomic mass is 16.2. The summed E-state index contributed by atoms with van der Waals surface area (Å²) in [7, 11) is 0. The van der Waals surface area contributed by atoms with Crippen LogP contribution in [-0.2, 0) is 11.3 Å². The minimum atomic E-state index is -0.258. The fraction of sp³-hybridized carbons (Fsp3) is 0.438. The van der Waals surface area contributed by atoms with Crippen molar-refractivity contribution in [2.24, 2.45) is 0 Å². The number of carbonyl (C=O) groups excluding carboxylic acids is 1. The van der Waals surface area contributed by atoms with Crippen LogP contribution in [0.25, 0.3) is 0 Å². The van der Waals surface area contributed by atoms with Gasteiger partial charge in [0, 0.05) is 43.7 Å². The summed E-state index contributed by atoms with van der Waals surface area (Å²) < 4.78 is 1.23. The van der Waals surface area contributed by atoms with Crippen molar-refractivity contribution < 1.29 is 4.79 Å². The normalized spacial score (nSPS) is 18.0. The van der Waals surface area contributed by atoms with Gasteiger partial charge in [-0.25, -0.2) is 4.68 Å². The van der Waals surface area contributed by atoms with Gasteiger partial charge in [0.2, 0.25) is 5.91 Å². The van der Waals surface area contributed by atoms with Crippen molar-refractivity contribution in [1.29, 1.82) is 0 Å². The van der Waals surface area contributed by atoms with Gasteiger partial charge in [-0.15, -0.1) is 0 Å². The van der Waals surface area contributed by atoms with Crippen molar-refractivity contribution in [2.45, 2.75) is 32.2 Å². The first kappa shape index (κ1) is 15.3. The van der Waals surface area contributed by atoms with Crippen LogP contribution in [0.15, 0.2) is 35.5 Å². The van der Waals surface area contributed by atoms with Crippen LogP contribution in [0.4, 0.5) is 0 Å². The van der Waals surface area contributed by atoms with Gasteiger partial charge in [0.1, 0.15) is 6.54 Å². The van der Waals surface area contributed by atoms with E-state index in [1.807, 2.05) is 0 Å². The average Bonchev–Trinajstić information content (AvgIpc) is 2.59. The first-order valence-corrected chi connectivity index (χ1v) is 7.72. The molecule has 0 aromatic carbocycles. The Balaban J connectivity index is 1.70. The van der Waals surface area contributed by atoms with E-state index in [1.165, 1.54) is 10.7 Å². The number of aromatic nitrogens is 4. The van der Waals surface area contributed by atoms with Crippen LogP contribution >= 0.6 is 0 Å². The zero-order chi connectivity index (χ0) is 16.2. The van der Waals surface area contributed by atoms with Gasteiger partial charge in [0.05, 0.1) is 11.4 Å². The van der Waals surface area contributed by atoms with E-state index in [-0.39, 0.29) is 23.9 Å². The van der Waals surface area contributed by atoms with E-state index in [0.29, 0.717) is 18.8 Å². The SMILES string of the molecule is Cc1ccc(=O)n(CC(=O)N2CCCC(c3cnccn3)C2)n1. The predicted octanol–water partition coefficient (Wildman–Crippen LogP) is 0.748. The maximum Gasteiger partial charge on any atom is 0.267 e. The molecule has 3 rings (SSSR count). The van der Waals surface area contributed by atoms with Crippen molar-refractivity contribution in [1.82, 2.24) is 24.6 Å². The van der Waals surface area contributed by atoms with Crippen LogP contribution in [0.1, 0.15) is 30.1 Å². The molecule has 0 spiro atoms. The highest BCUT2D eigenvalue weighted by Gasteiger charge is 2.26. The molecule has 0 radical (unpaired) electrons. The fourth-order valence-corrected chi connectivity index (χ4v) is 2.86. The lowest BCUT2D eigenvalue weighted by Crippen LogP contribution is -2.42. The van der Waals surface area contributed by atoms with Crippen molar-refractivity contribution in [3.8, 4) is 0 Å². The molecule has 0 saturated carbocycles. The average molecular weight is 313 g/mol. The van der Waals surface area contributed by atoms with Gasteiger partial charge in [-0.3, -0.25) is 19.6 Å². The minimum absolute atomic E-state index is 0.0201. The van der Waals surface area contributed by atoms with Crippen LogP contribution in [-0.4, -0.2) is 43.6 Å². The Morgan fingerprint density at radius 3 is 3.00 bits per heavy atom. The molecule has 1 amide bonds. The maximum atomic E-state index is 12.5. The topological polar surface area (TPSA) is 81.0 Å². The van der Waals surface area contributed by atoms with E-state index in [0.717, 1.165) is 18.5 Å². The molecule has 1 atom stereocenters. The van der Waals surface area contributed by atoms with Crippen LogP contribution < -0.4 is 5.56 Å². The van der Waals surface area contributed by atoms with Crippen LogP contribution in [0, 0.1) is 6.92 Å². The summed E-state index contributed by atoms with van der Waals surface area (Å²) in [5, 5.41) is 4.12. The van der Waals surface area contributed by atoms with Crippen molar-refractivity contribution >= 4 is 5.91 Å². The van der Waals surface area contributed by atoms with E-state index >= 15 is 0 Å². The smallest absolute Gasteiger partial charge is 0.267 e. The Bertz CT molecular complexity index is 744. The first-order chi connectivity index (χ1) is 11.1. The van der Waals surface area contributed by atoms with Crippen molar-refractivity contribution in [3.05, 3.63) is 52.5 Å². The predicted molar refractivity (Wildman–Crippen MR) is 83.8 cm³/mol. The zero-order valence-corrected chi connectivity index (χ0v) is 13.1. The third-order valence-electron chi connectivity index (χ3n) is 4.06. The zero-order valence-electron chi connectivity index (χ0n) is 13.1. The molecular formula is C16H19N5O2. The summed E-state index contributed by atoms with van der Waals surface area (Å²) in [6, 6.07) is 3.09. The van der Waals surface area contributed by atoms with E-state index in [1.54, 1.807) is 36.5 Å². The summed E-state index contributed by atoms with van der Waals surface area (Å²) in [6.07, 6.45) is 6.98. The standard InChI is InChI=1S/C16H19N5O2/c1-12-4-5-15(22)21(19-12)11-16(23)20-8-2-3-13(10-20)14-9-17-6-7-18-14/h4-7,9,13H,2-3,8,10-11H2,1H3. The molecule has 0 N–H and O–H groups in total. The molecule has 1 saturated heterocycles. The summed E-state index contributed by atoms with van der Waals surface area (Å²) in [6.45, 7) is 3.09. The third-order valence-corrected chi connectivity index (χ3v) is 4.06. The Kier molecular flexibility index (Phi) is 4.45. The van der Waals surface area contributed by atoms with Crippen molar-refractivity contribution in [2.75, 3.05) is 13.1 Å². The fourth-order valence-electron chi connectivity index (χ4n) is 2.86. The maximum absolute atomic E-state index is 12.5. The lowest BCUT2D eigenvalue weighted by atomic mass is 9.95. The van der Waals surface area contributed by atoms with Crippen LogP contribution in [0.2, 0.25) is 0 Å². The largest absolute Gasteiger partial charge is 0.340 e. The lowest BCUT2D eigenvalue weighted by Gasteiger charge is -2.32. The van der Waals surface area contributed by atoms with E-state index in [4.69, 9.17) is 0 Å². The van der Waals surface area contributed by atoms with E-state index in [9.17, 15) is 9.59 Å². The van der Waals surface area contributed by atoms with Gasteiger partial charge in [0.15, 0.2) is 0 Å². The molecule has 3 heterocycles. The number of likely N-dealkylation sites (tertiary alicyclic amines) is 1. The number of rotatable bonds is 3. The number of nitrogens with zero attached hydrogens (tertiary/aromatic N) is 5. The molecule has 1 fully saturated rings. The number of carbonyl (C=O) groups is 1. The molecule has 1 aliphatic heterocycles. The Hall–Kier alpha value is -2.57. The summed E-state index contributed by atoms with van der Waals surface area (Å²) in [5.74, 6) is 0.113.